The highest BCUT2D eigenvalue weighted by Gasteiger charge is 2.31. The number of aromatic amines is 1. The van der Waals surface area contributed by atoms with Crippen LogP contribution in [0, 0.1) is 0 Å². The van der Waals surface area contributed by atoms with Crippen LogP contribution in [0.4, 0.5) is 4.79 Å². The van der Waals surface area contributed by atoms with Gasteiger partial charge in [0.2, 0.25) is 0 Å². The monoisotopic (exact) mass is 331 g/mol. The highest BCUT2D eigenvalue weighted by molar-refractivity contribution is 5.81. The maximum atomic E-state index is 12.7. The lowest BCUT2D eigenvalue weighted by Crippen LogP contribution is -2.43. The third-order valence-electron chi connectivity index (χ3n) is 4.45. The van der Waals surface area contributed by atoms with Crippen molar-refractivity contribution in [3.8, 4) is 0 Å². The maximum Gasteiger partial charge on any atom is 0.410 e. The molecule has 3 rings (SSSR count). The van der Waals surface area contributed by atoms with Crippen LogP contribution >= 0.6 is 0 Å². The number of amides is 1. The smallest absolute Gasteiger partial charge is 0.410 e. The van der Waals surface area contributed by atoms with E-state index in [1.807, 2.05) is 39.8 Å². The molecule has 6 nitrogen and oxygen atoms in total. The van der Waals surface area contributed by atoms with Gasteiger partial charge in [0.25, 0.3) is 0 Å². The van der Waals surface area contributed by atoms with Crippen LogP contribution in [0.3, 0.4) is 0 Å². The Bertz CT molecular complexity index is 842. The lowest BCUT2D eigenvalue weighted by molar-refractivity contribution is 0.0147. The molecule has 0 unspecified atom stereocenters. The second kappa shape index (κ2) is 5.69. The van der Waals surface area contributed by atoms with E-state index in [1.165, 1.54) is 0 Å². The molecule has 0 fully saturated rings. The number of carbonyl (C=O) groups excluding carboxylic acids is 1. The zero-order valence-corrected chi connectivity index (χ0v) is 15.0. The van der Waals surface area contributed by atoms with Crippen LogP contribution in [0.2, 0.25) is 0 Å². The molecule has 0 saturated carbocycles. The van der Waals surface area contributed by atoms with Crippen molar-refractivity contribution in [1.82, 2.24) is 14.5 Å². The Hall–Kier alpha value is -2.24. The molecule has 2 heterocycles. The predicted octanol–water partition coefficient (Wildman–Crippen LogP) is 3.03. The van der Waals surface area contributed by atoms with Gasteiger partial charge in [-0.25, -0.2) is 9.59 Å². The molecule has 0 spiro atoms. The summed E-state index contributed by atoms with van der Waals surface area (Å²) in [5.74, 6) is 0. The van der Waals surface area contributed by atoms with E-state index < -0.39 is 5.60 Å². The number of aromatic nitrogens is 2. The highest BCUT2D eigenvalue weighted by Crippen LogP contribution is 2.28. The number of H-pyrrole nitrogens is 1. The zero-order valence-electron chi connectivity index (χ0n) is 15.0. The first kappa shape index (κ1) is 16.6. The average molecular weight is 331 g/mol. The molecular formula is C18H25N3O3. The topological polar surface area (TPSA) is 67.3 Å². The Kier molecular flexibility index (Phi) is 3.94. The number of hydrogen-bond acceptors (Lipinski definition) is 3. The molecular weight excluding hydrogens is 306 g/mol. The molecule has 1 N–H and O–H groups in total. The summed E-state index contributed by atoms with van der Waals surface area (Å²) in [6.07, 6.45) is 0.512. The van der Waals surface area contributed by atoms with Crippen molar-refractivity contribution in [1.29, 1.82) is 0 Å². The van der Waals surface area contributed by atoms with Gasteiger partial charge < -0.3 is 9.72 Å². The predicted molar refractivity (Wildman–Crippen MR) is 93.2 cm³/mol. The fourth-order valence-corrected chi connectivity index (χ4v) is 3.31. The van der Waals surface area contributed by atoms with Gasteiger partial charge in [-0.1, -0.05) is 13.0 Å². The largest absolute Gasteiger partial charge is 0.444 e. The fourth-order valence-electron chi connectivity index (χ4n) is 3.31. The van der Waals surface area contributed by atoms with Gasteiger partial charge >= 0.3 is 11.8 Å². The first-order valence-electron chi connectivity index (χ1n) is 8.44. The van der Waals surface area contributed by atoms with Gasteiger partial charge in [0.05, 0.1) is 23.6 Å². The second-order valence-corrected chi connectivity index (χ2v) is 7.45. The molecule has 1 aromatic carbocycles. The van der Waals surface area contributed by atoms with Crippen LogP contribution in [-0.2, 0) is 24.2 Å². The summed E-state index contributed by atoms with van der Waals surface area (Å²) in [5.41, 5.74) is 3.25. The summed E-state index contributed by atoms with van der Waals surface area (Å²) >= 11 is 0. The average Bonchev–Trinajstić information content (AvgIpc) is 2.69. The van der Waals surface area contributed by atoms with E-state index >= 15 is 0 Å². The first-order chi connectivity index (χ1) is 11.2. The van der Waals surface area contributed by atoms with Crippen molar-refractivity contribution in [2.75, 3.05) is 0 Å². The number of ether oxygens (including phenoxy) is 1. The molecule has 0 radical (unpaired) electrons. The molecule has 0 bridgehead atoms. The molecule has 130 valence electrons. The van der Waals surface area contributed by atoms with Crippen LogP contribution < -0.4 is 5.69 Å². The molecule has 1 aromatic heterocycles. The minimum absolute atomic E-state index is 0.127. The quantitative estimate of drug-likeness (QED) is 0.873. The van der Waals surface area contributed by atoms with Crippen molar-refractivity contribution in [3.63, 3.8) is 0 Å². The van der Waals surface area contributed by atoms with Crippen molar-refractivity contribution >= 4 is 17.1 Å². The van der Waals surface area contributed by atoms with Gasteiger partial charge in [-0.05, 0) is 45.7 Å². The molecule has 1 aliphatic heterocycles. The number of rotatable bonds is 1. The zero-order chi connectivity index (χ0) is 17.6. The van der Waals surface area contributed by atoms with Gasteiger partial charge in [-0.2, -0.15) is 0 Å². The van der Waals surface area contributed by atoms with Crippen LogP contribution in [0.5, 0.6) is 0 Å². The summed E-state index contributed by atoms with van der Waals surface area (Å²) in [6.45, 7) is 10.5. The summed E-state index contributed by atoms with van der Waals surface area (Å²) in [6, 6.07) is 3.85. The van der Waals surface area contributed by atoms with Gasteiger partial charge in [-0.3, -0.25) is 9.47 Å². The minimum atomic E-state index is -0.546. The lowest BCUT2D eigenvalue weighted by atomic mass is 10.0. The Labute approximate surface area is 141 Å². The highest BCUT2D eigenvalue weighted by atomic mass is 16.6. The van der Waals surface area contributed by atoms with E-state index in [1.54, 1.807) is 9.47 Å². The molecule has 6 heteroatoms. The van der Waals surface area contributed by atoms with Gasteiger partial charge in [0, 0.05) is 12.1 Å². The number of benzene rings is 1. The molecule has 0 saturated heterocycles. The number of imidazole rings is 1. The standard InChI is InChI=1S/C18H25N3O3/c1-6-12-7-8-14-15-13(12)10-20(17(23)24-18(3,4)5)11(2)9-21(15)16(22)19-14/h7-8,11H,6,9-10H2,1-5H3,(H,19,22)/t11-/m0/s1. The molecule has 2 aromatic rings. The molecule has 1 aliphatic rings. The molecule has 24 heavy (non-hydrogen) atoms. The SMILES string of the molecule is CCc1ccc2[nH]c(=O)n3c2c1CN(C(=O)OC(C)(C)C)[C@@H](C)C3. The summed E-state index contributed by atoms with van der Waals surface area (Å²) in [7, 11) is 0. The number of nitrogens with zero attached hydrogens (tertiary/aromatic N) is 2. The third-order valence-corrected chi connectivity index (χ3v) is 4.45. The molecule has 1 amide bonds. The number of nitrogens with one attached hydrogen (secondary N) is 1. The lowest BCUT2D eigenvalue weighted by Gasteiger charge is -2.30. The number of carbonyl (C=O) groups is 1. The number of aryl methyl sites for hydroxylation is 1. The van der Waals surface area contributed by atoms with E-state index in [0.29, 0.717) is 13.1 Å². The molecule has 0 aliphatic carbocycles. The van der Waals surface area contributed by atoms with Crippen LogP contribution in [0.1, 0.15) is 45.7 Å². The van der Waals surface area contributed by atoms with Crippen LogP contribution in [0.15, 0.2) is 16.9 Å². The van der Waals surface area contributed by atoms with Crippen molar-refractivity contribution in [2.45, 2.75) is 65.8 Å². The van der Waals surface area contributed by atoms with E-state index in [9.17, 15) is 9.59 Å². The Morgan fingerprint density at radius 1 is 1.38 bits per heavy atom. The summed E-state index contributed by atoms with van der Waals surface area (Å²) in [5, 5.41) is 0. The van der Waals surface area contributed by atoms with E-state index in [0.717, 1.165) is 28.6 Å². The maximum absolute atomic E-state index is 12.7. The Morgan fingerprint density at radius 3 is 2.71 bits per heavy atom. The Balaban J connectivity index is 2.10. The Morgan fingerprint density at radius 2 is 2.08 bits per heavy atom. The van der Waals surface area contributed by atoms with Crippen LogP contribution in [0.25, 0.3) is 11.0 Å². The van der Waals surface area contributed by atoms with Crippen LogP contribution in [-0.4, -0.2) is 32.2 Å². The van der Waals surface area contributed by atoms with Crippen molar-refractivity contribution < 1.29 is 9.53 Å². The van der Waals surface area contributed by atoms with E-state index in [4.69, 9.17) is 4.74 Å². The van der Waals surface area contributed by atoms with Gasteiger partial charge in [0.15, 0.2) is 0 Å². The van der Waals surface area contributed by atoms with Crippen molar-refractivity contribution in [2.24, 2.45) is 0 Å². The van der Waals surface area contributed by atoms with Gasteiger partial charge in [0.1, 0.15) is 5.60 Å². The normalized spacial score (nSPS) is 17.9. The fraction of sp³-hybridized carbons (Fsp3) is 0.556. The molecule has 1 atom stereocenters. The third kappa shape index (κ3) is 2.81. The minimum Gasteiger partial charge on any atom is -0.444 e. The summed E-state index contributed by atoms with van der Waals surface area (Å²) in [4.78, 5) is 29.6. The van der Waals surface area contributed by atoms with Crippen molar-refractivity contribution in [3.05, 3.63) is 33.7 Å². The summed E-state index contributed by atoms with van der Waals surface area (Å²) < 4.78 is 7.32. The number of hydrogen-bond donors (Lipinski definition) is 1. The van der Waals surface area contributed by atoms with E-state index in [-0.39, 0.29) is 17.8 Å². The van der Waals surface area contributed by atoms with Gasteiger partial charge in [-0.15, -0.1) is 0 Å². The van der Waals surface area contributed by atoms with E-state index in [2.05, 4.69) is 11.9 Å². The first-order valence-corrected chi connectivity index (χ1v) is 8.44. The second-order valence-electron chi connectivity index (χ2n) is 7.45.